The van der Waals surface area contributed by atoms with Crippen molar-refractivity contribution in [3.63, 3.8) is 0 Å². The summed E-state index contributed by atoms with van der Waals surface area (Å²) in [6, 6.07) is 14.0. The second-order valence-corrected chi connectivity index (χ2v) is 7.88. The average Bonchev–Trinajstić information content (AvgIpc) is 3.28. The Bertz CT molecular complexity index is 1420. The van der Waals surface area contributed by atoms with E-state index in [1.165, 1.54) is 29.0 Å². The van der Waals surface area contributed by atoms with E-state index in [-0.39, 0.29) is 5.95 Å². The first-order valence-corrected chi connectivity index (χ1v) is 10.2. The molecular formula is C22H16FN5OS. The number of carbonyl (C=O) groups excluding carboxylic acids is 1. The van der Waals surface area contributed by atoms with E-state index in [0.29, 0.717) is 27.1 Å². The Balaban J connectivity index is 1.51. The second-order valence-electron chi connectivity index (χ2n) is 7.04. The third-order valence-electron chi connectivity index (χ3n) is 4.80. The summed E-state index contributed by atoms with van der Waals surface area (Å²) in [5.41, 5.74) is 4.64. The second kappa shape index (κ2) is 7.00. The van der Waals surface area contributed by atoms with Crippen LogP contribution in [0.3, 0.4) is 0 Å². The predicted octanol–water partition coefficient (Wildman–Crippen LogP) is 5.01. The minimum absolute atomic E-state index is 0.194. The molecule has 0 saturated heterocycles. The Labute approximate surface area is 175 Å². The normalized spacial score (nSPS) is 11.3. The van der Waals surface area contributed by atoms with Gasteiger partial charge in [0, 0.05) is 22.0 Å². The zero-order valence-electron chi connectivity index (χ0n) is 16.2. The van der Waals surface area contributed by atoms with Crippen LogP contribution in [0.4, 0.5) is 10.3 Å². The van der Waals surface area contributed by atoms with Crippen LogP contribution in [0.2, 0.25) is 0 Å². The summed E-state index contributed by atoms with van der Waals surface area (Å²) in [5.74, 6) is -0.643. The number of aryl methyl sites for hydroxylation is 2. The van der Waals surface area contributed by atoms with Gasteiger partial charge in [-0.05, 0) is 38.1 Å². The van der Waals surface area contributed by atoms with Crippen molar-refractivity contribution in [2.75, 3.05) is 5.32 Å². The van der Waals surface area contributed by atoms with Gasteiger partial charge >= 0.3 is 0 Å². The van der Waals surface area contributed by atoms with Crippen molar-refractivity contribution >= 4 is 39.1 Å². The van der Waals surface area contributed by atoms with Crippen LogP contribution in [-0.2, 0) is 0 Å². The highest BCUT2D eigenvalue weighted by molar-refractivity contribution is 7.15. The molecule has 6 nitrogen and oxygen atoms in total. The van der Waals surface area contributed by atoms with Crippen LogP contribution < -0.4 is 5.32 Å². The summed E-state index contributed by atoms with van der Waals surface area (Å²) in [6.45, 7) is 3.82. The number of hydrogen-bond acceptors (Lipinski definition) is 5. The molecule has 0 bridgehead atoms. The zero-order valence-corrected chi connectivity index (χ0v) is 17.0. The highest BCUT2D eigenvalue weighted by atomic mass is 32.1. The molecule has 1 N–H and O–H groups in total. The van der Waals surface area contributed by atoms with Gasteiger partial charge in [0.05, 0.1) is 16.8 Å². The first-order chi connectivity index (χ1) is 14.5. The van der Waals surface area contributed by atoms with Crippen LogP contribution in [0.1, 0.15) is 21.6 Å². The smallest absolute Gasteiger partial charge is 0.258 e. The standard InChI is InChI=1S/C22H16FN5OS/c1-12-3-5-14(6-4-12)19-11-30-22-26-21(27-28(19)22)25-20(29)17-9-13(2)24-18-8-7-15(23)10-16(17)18/h3-11H,1-2H3,(H,25,27,29). The number of aromatic nitrogens is 4. The lowest BCUT2D eigenvalue weighted by Gasteiger charge is -2.07. The Morgan fingerprint density at radius 3 is 2.67 bits per heavy atom. The predicted molar refractivity (Wildman–Crippen MR) is 115 cm³/mol. The third kappa shape index (κ3) is 3.21. The molecular weight excluding hydrogens is 401 g/mol. The van der Waals surface area contributed by atoms with Crippen LogP contribution >= 0.6 is 11.3 Å². The number of hydrogen-bond donors (Lipinski definition) is 1. The fraction of sp³-hybridized carbons (Fsp3) is 0.0909. The summed E-state index contributed by atoms with van der Waals surface area (Å²) in [4.78, 5) is 22.4. The van der Waals surface area contributed by atoms with Gasteiger partial charge in [0.15, 0.2) is 0 Å². The molecule has 8 heteroatoms. The number of anilines is 1. The van der Waals surface area contributed by atoms with Gasteiger partial charge in [-0.15, -0.1) is 16.4 Å². The van der Waals surface area contributed by atoms with E-state index in [0.717, 1.165) is 11.3 Å². The van der Waals surface area contributed by atoms with E-state index in [1.807, 2.05) is 36.6 Å². The number of halogens is 1. The van der Waals surface area contributed by atoms with Gasteiger partial charge < -0.3 is 0 Å². The van der Waals surface area contributed by atoms with Gasteiger partial charge in [-0.3, -0.25) is 15.1 Å². The molecule has 0 atom stereocenters. The molecule has 0 spiro atoms. The summed E-state index contributed by atoms with van der Waals surface area (Å²) >= 11 is 1.44. The van der Waals surface area contributed by atoms with Gasteiger partial charge in [0.25, 0.3) is 11.9 Å². The lowest BCUT2D eigenvalue weighted by atomic mass is 10.1. The lowest BCUT2D eigenvalue weighted by Crippen LogP contribution is -2.14. The van der Waals surface area contributed by atoms with E-state index < -0.39 is 11.7 Å². The molecule has 0 aliphatic rings. The number of nitrogens with zero attached hydrogens (tertiary/aromatic N) is 4. The molecule has 0 unspecified atom stereocenters. The Morgan fingerprint density at radius 2 is 1.87 bits per heavy atom. The minimum Gasteiger partial charge on any atom is -0.289 e. The van der Waals surface area contributed by atoms with Crippen molar-refractivity contribution < 1.29 is 9.18 Å². The first-order valence-electron chi connectivity index (χ1n) is 9.27. The highest BCUT2D eigenvalue weighted by Crippen LogP contribution is 2.27. The van der Waals surface area contributed by atoms with E-state index in [1.54, 1.807) is 23.6 Å². The van der Waals surface area contributed by atoms with Crippen LogP contribution in [0.25, 0.3) is 27.1 Å². The van der Waals surface area contributed by atoms with Crippen LogP contribution in [0.5, 0.6) is 0 Å². The minimum atomic E-state index is -0.425. The summed E-state index contributed by atoms with van der Waals surface area (Å²) in [6.07, 6.45) is 0. The van der Waals surface area contributed by atoms with Crippen molar-refractivity contribution in [3.05, 3.63) is 76.5 Å². The fourth-order valence-corrected chi connectivity index (χ4v) is 4.18. The number of carbonyl (C=O) groups is 1. The number of nitrogens with one attached hydrogen (secondary N) is 1. The fourth-order valence-electron chi connectivity index (χ4n) is 3.34. The van der Waals surface area contributed by atoms with E-state index in [4.69, 9.17) is 0 Å². The number of pyridine rings is 1. The Hall–Kier alpha value is -3.65. The quantitative estimate of drug-likeness (QED) is 0.448. The molecule has 3 aromatic heterocycles. The highest BCUT2D eigenvalue weighted by Gasteiger charge is 2.17. The Morgan fingerprint density at radius 1 is 1.07 bits per heavy atom. The monoisotopic (exact) mass is 417 g/mol. The van der Waals surface area contributed by atoms with E-state index >= 15 is 0 Å². The number of thiazole rings is 1. The molecule has 0 aliphatic carbocycles. The summed E-state index contributed by atoms with van der Waals surface area (Å²) in [5, 5.41) is 9.61. The largest absolute Gasteiger partial charge is 0.289 e. The van der Waals surface area contributed by atoms with Crippen molar-refractivity contribution in [2.45, 2.75) is 13.8 Å². The molecule has 3 heterocycles. The number of benzene rings is 2. The topological polar surface area (TPSA) is 72.2 Å². The lowest BCUT2D eigenvalue weighted by molar-refractivity contribution is 0.102. The van der Waals surface area contributed by atoms with Crippen molar-refractivity contribution in [3.8, 4) is 11.3 Å². The van der Waals surface area contributed by atoms with E-state index in [9.17, 15) is 9.18 Å². The first kappa shape index (κ1) is 18.4. The summed E-state index contributed by atoms with van der Waals surface area (Å²) < 4.78 is 15.5. The average molecular weight is 417 g/mol. The molecule has 0 saturated carbocycles. The van der Waals surface area contributed by atoms with Gasteiger partial charge in [-0.25, -0.2) is 8.91 Å². The van der Waals surface area contributed by atoms with Gasteiger partial charge in [0.2, 0.25) is 4.96 Å². The molecule has 0 fully saturated rings. The van der Waals surface area contributed by atoms with Crippen molar-refractivity contribution in [1.82, 2.24) is 19.6 Å². The molecule has 0 radical (unpaired) electrons. The van der Waals surface area contributed by atoms with Gasteiger partial charge in [0.1, 0.15) is 5.82 Å². The number of rotatable bonds is 3. The Kier molecular flexibility index (Phi) is 4.29. The van der Waals surface area contributed by atoms with Gasteiger partial charge in [-0.2, -0.15) is 4.98 Å². The maximum Gasteiger partial charge on any atom is 0.258 e. The molecule has 0 aliphatic heterocycles. The third-order valence-corrected chi connectivity index (χ3v) is 5.61. The van der Waals surface area contributed by atoms with Crippen molar-refractivity contribution in [2.24, 2.45) is 0 Å². The maximum atomic E-state index is 13.7. The van der Waals surface area contributed by atoms with Crippen molar-refractivity contribution in [1.29, 1.82) is 0 Å². The maximum absolute atomic E-state index is 13.7. The molecule has 30 heavy (non-hydrogen) atoms. The molecule has 5 aromatic rings. The van der Waals surface area contributed by atoms with Crippen LogP contribution in [0.15, 0.2) is 53.9 Å². The van der Waals surface area contributed by atoms with Crippen LogP contribution in [0, 0.1) is 19.7 Å². The van der Waals surface area contributed by atoms with E-state index in [2.05, 4.69) is 20.4 Å². The molecule has 148 valence electrons. The summed E-state index contributed by atoms with van der Waals surface area (Å²) in [7, 11) is 0. The zero-order chi connectivity index (χ0) is 20.8. The molecule has 5 rings (SSSR count). The van der Waals surface area contributed by atoms with Crippen LogP contribution in [-0.4, -0.2) is 25.5 Å². The number of amides is 1. The molecule has 1 amide bonds. The number of fused-ring (bicyclic) bond motifs is 2. The SMILES string of the molecule is Cc1ccc(-c2csc3nc(NC(=O)c4cc(C)nc5ccc(F)cc45)nn23)cc1. The molecule has 2 aromatic carbocycles. The van der Waals surface area contributed by atoms with Gasteiger partial charge in [-0.1, -0.05) is 29.8 Å².